The summed E-state index contributed by atoms with van der Waals surface area (Å²) in [4.78, 5) is 22.3. The minimum Gasteiger partial charge on any atom is -0.344 e. The molecule has 0 fully saturated rings. The first-order valence-electron chi connectivity index (χ1n) is 4.26. The molecule has 0 aromatic rings. The van der Waals surface area contributed by atoms with E-state index in [-0.39, 0.29) is 17.7 Å². The van der Waals surface area contributed by atoms with E-state index in [9.17, 15) is 9.59 Å². The number of hydrogen-bond acceptors (Lipinski definition) is 3. The third kappa shape index (κ3) is 4.47. The molecule has 0 aromatic carbocycles. The Kier molecular flexibility index (Phi) is 5.06. The van der Waals surface area contributed by atoms with E-state index in [1.165, 1.54) is 0 Å². The molecule has 3 N–H and O–H groups in total. The summed E-state index contributed by atoms with van der Waals surface area (Å²) in [5, 5.41) is 2.57. The highest BCUT2D eigenvalue weighted by Crippen LogP contribution is 1.92. The fourth-order valence-electron chi connectivity index (χ4n) is 0.677. The summed E-state index contributed by atoms with van der Waals surface area (Å²) >= 11 is 0. The maximum absolute atomic E-state index is 11.2. The van der Waals surface area contributed by atoms with Gasteiger partial charge in [0.25, 0.3) is 5.91 Å². The van der Waals surface area contributed by atoms with E-state index in [4.69, 9.17) is 0 Å². The van der Waals surface area contributed by atoms with Crippen molar-refractivity contribution < 1.29 is 9.59 Å². The van der Waals surface area contributed by atoms with Crippen LogP contribution in [-0.2, 0) is 9.59 Å². The van der Waals surface area contributed by atoms with Crippen molar-refractivity contribution in [3.05, 3.63) is 0 Å². The van der Waals surface area contributed by atoms with Crippen LogP contribution in [0.25, 0.3) is 0 Å². The van der Waals surface area contributed by atoms with Gasteiger partial charge in [-0.1, -0.05) is 13.8 Å². The molecule has 5 heteroatoms. The first kappa shape index (κ1) is 11.9. The molecule has 1 atom stereocenters. The topological polar surface area (TPSA) is 70.2 Å². The van der Waals surface area contributed by atoms with Gasteiger partial charge in [0.05, 0.1) is 0 Å². The molecule has 0 radical (unpaired) electrons. The molecular weight excluding hydrogens is 170 g/mol. The van der Waals surface area contributed by atoms with Crippen LogP contribution >= 0.6 is 0 Å². The number of rotatable bonds is 4. The predicted octanol–water partition coefficient (Wildman–Crippen LogP) is -0.602. The van der Waals surface area contributed by atoms with Crippen molar-refractivity contribution in [2.45, 2.75) is 26.8 Å². The van der Waals surface area contributed by atoms with Crippen LogP contribution in [0.2, 0.25) is 0 Å². The fourth-order valence-corrected chi connectivity index (χ4v) is 0.677. The van der Waals surface area contributed by atoms with E-state index in [1.807, 2.05) is 0 Å². The lowest BCUT2D eigenvalue weighted by Gasteiger charge is -2.14. The number of carbonyl (C=O) groups is 2. The number of carbonyl (C=O) groups excluding carboxylic acids is 2. The van der Waals surface area contributed by atoms with Gasteiger partial charge in [-0.05, 0) is 6.92 Å². The Morgan fingerprint density at radius 2 is 1.62 bits per heavy atom. The zero-order valence-electron chi connectivity index (χ0n) is 8.47. The van der Waals surface area contributed by atoms with Crippen LogP contribution in [-0.4, -0.2) is 24.9 Å². The quantitative estimate of drug-likeness (QED) is 0.515. The molecule has 0 aromatic heterocycles. The smallest absolute Gasteiger partial charge is 0.256 e. The maximum atomic E-state index is 11.2. The van der Waals surface area contributed by atoms with Gasteiger partial charge in [-0.15, -0.1) is 0 Å². The first-order chi connectivity index (χ1) is 5.99. The van der Waals surface area contributed by atoms with Crippen molar-refractivity contribution >= 4 is 11.8 Å². The van der Waals surface area contributed by atoms with E-state index >= 15 is 0 Å². The lowest BCUT2D eigenvalue weighted by molar-refractivity contribution is -0.130. The van der Waals surface area contributed by atoms with E-state index < -0.39 is 6.04 Å². The summed E-state index contributed by atoms with van der Waals surface area (Å²) in [6.07, 6.45) is 0. The second kappa shape index (κ2) is 5.53. The van der Waals surface area contributed by atoms with Gasteiger partial charge in [-0.25, -0.2) is 5.43 Å². The molecule has 0 aliphatic heterocycles. The minimum absolute atomic E-state index is 0.107. The third-order valence-corrected chi connectivity index (χ3v) is 1.52. The second-order valence-corrected chi connectivity index (χ2v) is 3.12. The molecule has 0 rings (SSSR count). The van der Waals surface area contributed by atoms with Gasteiger partial charge in [-0.2, -0.15) is 0 Å². The van der Waals surface area contributed by atoms with Crippen molar-refractivity contribution in [2.75, 3.05) is 7.05 Å². The van der Waals surface area contributed by atoms with Crippen molar-refractivity contribution in [2.24, 2.45) is 5.92 Å². The fraction of sp³-hybridized carbons (Fsp3) is 0.750. The molecule has 1 unspecified atom stereocenters. The molecule has 0 bridgehead atoms. The molecular formula is C8H17N3O2. The largest absolute Gasteiger partial charge is 0.344 e. The summed E-state index contributed by atoms with van der Waals surface area (Å²) in [5.74, 6) is -0.486. The molecule has 5 nitrogen and oxygen atoms in total. The summed E-state index contributed by atoms with van der Waals surface area (Å²) in [6.45, 7) is 5.18. The molecule has 0 aliphatic carbocycles. The first-order valence-corrected chi connectivity index (χ1v) is 4.26. The van der Waals surface area contributed by atoms with Crippen LogP contribution in [0.15, 0.2) is 0 Å². The highest BCUT2D eigenvalue weighted by atomic mass is 16.2. The molecule has 76 valence electrons. The number of amides is 2. The van der Waals surface area contributed by atoms with E-state index in [0.29, 0.717) is 0 Å². The zero-order valence-corrected chi connectivity index (χ0v) is 8.47. The molecule has 0 saturated carbocycles. The van der Waals surface area contributed by atoms with Crippen LogP contribution in [0.5, 0.6) is 0 Å². The highest BCUT2D eigenvalue weighted by Gasteiger charge is 2.16. The number of hydrazine groups is 1. The maximum Gasteiger partial charge on any atom is 0.256 e. The van der Waals surface area contributed by atoms with Crippen LogP contribution in [0.1, 0.15) is 20.8 Å². The standard InChI is InChI=1S/C8H17N3O2/c1-5(2)7(12)10-6(3)8(13)11-9-4/h5-6,9H,1-4H3,(H,10,12)(H,11,13). The van der Waals surface area contributed by atoms with Gasteiger partial charge in [0.15, 0.2) is 0 Å². The lowest BCUT2D eigenvalue weighted by Crippen LogP contribution is -2.49. The van der Waals surface area contributed by atoms with Crippen LogP contribution in [0.4, 0.5) is 0 Å². The van der Waals surface area contributed by atoms with Crippen LogP contribution in [0, 0.1) is 5.92 Å². The SMILES string of the molecule is CNNC(=O)C(C)NC(=O)C(C)C. The minimum atomic E-state index is -0.512. The summed E-state index contributed by atoms with van der Waals surface area (Å²) in [6, 6.07) is -0.512. The van der Waals surface area contributed by atoms with Crippen molar-refractivity contribution in [1.82, 2.24) is 16.2 Å². The predicted molar refractivity (Wildman–Crippen MR) is 49.6 cm³/mol. The van der Waals surface area contributed by atoms with Gasteiger partial charge in [0, 0.05) is 13.0 Å². The summed E-state index contributed by atoms with van der Waals surface area (Å²) in [5.41, 5.74) is 4.89. The van der Waals surface area contributed by atoms with Gasteiger partial charge in [-0.3, -0.25) is 15.0 Å². The van der Waals surface area contributed by atoms with Gasteiger partial charge < -0.3 is 5.32 Å². The van der Waals surface area contributed by atoms with Crippen molar-refractivity contribution in [1.29, 1.82) is 0 Å². The number of hydrogen-bond donors (Lipinski definition) is 3. The monoisotopic (exact) mass is 187 g/mol. The Hall–Kier alpha value is -1.10. The molecule has 13 heavy (non-hydrogen) atoms. The average molecular weight is 187 g/mol. The van der Waals surface area contributed by atoms with Crippen molar-refractivity contribution in [3.8, 4) is 0 Å². The normalized spacial score (nSPS) is 12.4. The Balaban J connectivity index is 3.92. The van der Waals surface area contributed by atoms with Gasteiger partial charge >= 0.3 is 0 Å². The Morgan fingerprint density at radius 1 is 1.08 bits per heavy atom. The van der Waals surface area contributed by atoms with E-state index in [0.717, 1.165) is 0 Å². The van der Waals surface area contributed by atoms with E-state index in [1.54, 1.807) is 27.8 Å². The molecule has 0 aliphatic rings. The third-order valence-electron chi connectivity index (χ3n) is 1.52. The lowest BCUT2D eigenvalue weighted by atomic mass is 10.2. The molecule has 0 saturated heterocycles. The van der Waals surface area contributed by atoms with Crippen molar-refractivity contribution in [3.63, 3.8) is 0 Å². The molecule has 0 heterocycles. The number of nitrogens with one attached hydrogen (secondary N) is 3. The highest BCUT2D eigenvalue weighted by molar-refractivity contribution is 5.87. The van der Waals surface area contributed by atoms with Crippen LogP contribution < -0.4 is 16.2 Å². The Labute approximate surface area is 78.2 Å². The summed E-state index contributed by atoms with van der Waals surface area (Å²) in [7, 11) is 1.59. The summed E-state index contributed by atoms with van der Waals surface area (Å²) < 4.78 is 0. The van der Waals surface area contributed by atoms with E-state index in [2.05, 4.69) is 16.2 Å². The Morgan fingerprint density at radius 3 is 2.00 bits per heavy atom. The Bertz CT molecular complexity index is 192. The second-order valence-electron chi connectivity index (χ2n) is 3.12. The van der Waals surface area contributed by atoms with Gasteiger partial charge in [0.1, 0.15) is 6.04 Å². The molecule has 0 spiro atoms. The zero-order chi connectivity index (χ0) is 10.4. The average Bonchev–Trinajstić information content (AvgIpc) is 2.04. The van der Waals surface area contributed by atoms with Gasteiger partial charge in [0.2, 0.25) is 5.91 Å². The van der Waals surface area contributed by atoms with Crippen LogP contribution in [0.3, 0.4) is 0 Å². The molecule has 2 amide bonds.